The lowest BCUT2D eigenvalue weighted by atomic mass is 9.63. The highest BCUT2D eigenvalue weighted by molar-refractivity contribution is 6.06. The van der Waals surface area contributed by atoms with Gasteiger partial charge in [-0.3, -0.25) is 19.7 Å². The average Bonchev–Trinajstić information content (AvgIpc) is 2.93. The Kier molecular flexibility index (Phi) is 3.65. The molecule has 1 heterocycles. The fourth-order valence-corrected chi connectivity index (χ4v) is 4.17. The number of nitriles is 1. The van der Waals surface area contributed by atoms with E-state index < -0.39 is 4.92 Å². The van der Waals surface area contributed by atoms with E-state index in [1.165, 1.54) is 12.1 Å². The Balaban J connectivity index is 1.64. The van der Waals surface area contributed by atoms with Gasteiger partial charge in [-0.2, -0.15) is 15.4 Å². The Morgan fingerprint density at radius 1 is 1.19 bits per heavy atom. The zero-order chi connectivity index (χ0) is 18.4. The molecule has 8 nitrogen and oxygen atoms in total. The number of hydrogen-bond donors (Lipinski definition) is 0. The van der Waals surface area contributed by atoms with Crippen molar-refractivity contribution >= 4 is 23.7 Å². The molecule has 2 bridgehead atoms. The smallest absolute Gasteiger partial charge is 0.272 e. The highest BCUT2D eigenvalue weighted by Gasteiger charge is 2.56. The van der Waals surface area contributed by atoms with Crippen molar-refractivity contribution in [1.82, 2.24) is 5.01 Å². The molecule has 3 aliphatic carbocycles. The monoisotopic (exact) mass is 350 g/mol. The first kappa shape index (κ1) is 16.1. The van der Waals surface area contributed by atoms with Gasteiger partial charge in [0.1, 0.15) is 0 Å². The van der Waals surface area contributed by atoms with Gasteiger partial charge in [0.2, 0.25) is 0 Å². The standard InChI is InChI=1S/C18H14N4O4/c19-8-10-1-2-13(14(7-10)22(25)26)9-20-21-17(23)15-11-3-4-12(6-5-11)16(15)18(21)24/h1-4,7,9,11-12,15-16H,5-6H2/b20-9-/t11-,12-,15-,16-/m0/s1. The highest BCUT2D eigenvalue weighted by Crippen LogP contribution is 2.49. The maximum Gasteiger partial charge on any atom is 0.279 e. The van der Waals surface area contributed by atoms with Gasteiger partial charge in [0, 0.05) is 6.07 Å². The summed E-state index contributed by atoms with van der Waals surface area (Å²) in [6.07, 6.45) is 6.94. The summed E-state index contributed by atoms with van der Waals surface area (Å²) >= 11 is 0. The summed E-state index contributed by atoms with van der Waals surface area (Å²) in [6, 6.07) is 5.78. The topological polar surface area (TPSA) is 117 Å². The number of benzene rings is 1. The Hall–Kier alpha value is -3.34. The molecule has 1 saturated carbocycles. The van der Waals surface area contributed by atoms with Crippen LogP contribution in [0.1, 0.15) is 24.0 Å². The van der Waals surface area contributed by atoms with Gasteiger partial charge in [0.05, 0.1) is 40.2 Å². The van der Waals surface area contributed by atoms with Crippen LogP contribution >= 0.6 is 0 Å². The third-order valence-corrected chi connectivity index (χ3v) is 5.40. The summed E-state index contributed by atoms with van der Waals surface area (Å²) in [5, 5.41) is 24.9. The second-order valence-corrected chi connectivity index (χ2v) is 6.72. The number of carbonyl (C=O) groups is 2. The number of rotatable bonds is 3. The first-order valence-electron chi connectivity index (χ1n) is 8.30. The number of allylic oxidation sites excluding steroid dienone is 2. The van der Waals surface area contributed by atoms with Crippen LogP contribution in [0.5, 0.6) is 0 Å². The maximum absolute atomic E-state index is 12.7. The largest absolute Gasteiger partial charge is 0.279 e. The van der Waals surface area contributed by atoms with E-state index in [1.807, 2.05) is 18.2 Å². The van der Waals surface area contributed by atoms with E-state index in [0.717, 1.165) is 30.1 Å². The Morgan fingerprint density at radius 3 is 2.31 bits per heavy atom. The highest BCUT2D eigenvalue weighted by atomic mass is 16.6. The molecular formula is C18H14N4O4. The number of amides is 2. The first-order valence-corrected chi connectivity index (χ1v) is 8.30. The van der Waals surface area contributed by atoms with E-state index in [-0.39, 0.29) is 52.3 Å². The zero-order valence-electron chi connectivity index (χ0n) is 13.6. The van der Waals surface area contributed by atoms with Crippen LogP contribution in [-0.4, -0.2) is 28.0 Å². The molecule has 0 N–H and O–H groups in total. The predicted molar refractivity (Wildman–Crippen MR) is 89.6 cm³/mol. The van der Waals surface area contributed by atoms with E-state index in [2.05, 4.69) is 5.10 Å². The minimum Gasteiger partial charge on any atom is -0.272 e. The lowest BCUT2D eigenvalue weighted by Crippen LogP contribution is -2.38. The number of hydrazone groups is 1. The van der Waals surface area contributed by atoms with Crippen LogP contribution in [-0.2, 0) is 9.59 Å². The van der Waals surface area contributed by atoms with Crippen LogP contribution in [0.4, 0.5) is 5.69 Å². The van der Waals surface area contributed by atoms with Crippen LogP contribution in [0, 0.1) is 45.1 Å². The van der Waals surface area contributed by atoms with Crippen LogP contribution in [0.25, 0.3) is 0 Å². The Morgan fingerprint density at radius 2 is 1.81 bits per heavy atom. The second kappa shape index (κ2) is 5.88. The molecule has 1 aromatic rings. The van der Waals surface area contributed by atoms with E-state index in [9.17, 15) is 19.7 Å². The fraction of sp³-hybridized carbons (Fsp3) is 0.333. The molecule has 5 rings (SSSR count). The molecule has 1 aromatic carbocycles. The molecule has 2 fully saturated rings. The SMILES string of the molecule is N#Cc1ccc(/C=N\N2C(=O)[C@@H]3[C@@H](C2=O)[C@H]2C=C[C@H]3CC2)c([N+](=O)[O-])c1. The van der Waals surface area contributed by atoms with Gasteiger partial charge in [-0.1, -0.05) is 12.2 Å². The van der Waals surface area contributed by atoms with E-state index in [1.54, 1.807) is 0 Å². The van der Waals surface area contributed by atoms with Gasteiger partial charge in [0.25, 0.3) is 17.5 Å². The van der Waals surface area contributed by atoms with Crippen LogP contribution in [0.3, 0.4) is 0 Å². The quantitative estimate of drug-likeness (QED) is 0.272. The molecule has 2 amide bonds. The minimum absolute atomic E-state index is 0.0610. The Labute approximate surface area is 148 Å². The molecule has 0 aromatic heterocycles. The third kappa shape index (κ3) is 2.32. The number of nitro groups is 1. The van der Waals surface area contributed by atoms with Crippen LogP contribution in [0.15, 0.2) is 35.5 Å². The molecule has 130 valence electrons. The van der Waals surface area contributed by atoms with Gasteiger partial charge in [0.15, 0.2) is 0 Å². The van der Waals surface area contributed by atoms with Crippen molar-refractivity contribution in [1.29, 1.82) is 5.26 Å². The van der Waals surface area contributed by atoms with E-state index >= 15 is 0 Å². The number of carbonyl (C=O) groups excluding carboxylic acids is 2. The van der Waals surface area contributed by atoms with Crippen molar-refractivity contribution in [2.75, 3.05) is 0 Å². The van der Waals surface area contributed by atoms with Gasteiger partial charge >= 0.3 is 0 Å². The van der Waals surface area contributed by atoms with Crippen LogP contribution < -0.4 is 0 Å². The average molecular weight is 350 g/mol. The lowest BCUT2D eigenvalue weighted by molar-refractivity contribution is -0.385. The van der Waals surface area contributed by atoms with Gasteiger partial charge in [-0.05, 0) is 36.8 Å². The molecule has 0 unspecified atom stereocenters. The summed E-state index contributed by atoms with van der Waals surface area (Å²) in [4.78, 5) is 35.9. The normalized spacial score (nSPS) is 29.3. The van der Waals surface area contributed by atoms with Crippen molar-refractivity contribution in [2.45, 2.75) is 12.8 Å². The molecule has 26 heavy (non-hydrogen) atoms. The number of nitro benzene ring substituents is 1. The third-order valence-electron chi connectivity index (χ3n) is 5.40. The molecule has 8 heteroatoms. The van der Waals surface area contributed by atoms with E-state index in [0.29, 0.717) is 0 Å². The number of hydrogen-bond acceptors (Lipinski definition) is 6. The predicted octanol–water partition coefficient (Wildman–Crippen LogP) is 2.00. The van der Waals surface area contributed by atoms with Crippen molar-refractivity contribution in [3.63, 3.8) is 0 Å². The molecule has 0 radical (unpaired) electrons. The van der Waals surface area contributed by atoms with Crippen molar-refractivity contribution < 1.29 is 14.5 Å². The van der Waals surface area contributed by atoms with Gasteiger partial charge in [-0.15, -0.1) is 0 Å². The fourth-order valence-electron chi connectivity index (χ4n) is 4.17. The van der Waals surface area contributed by atoms with Crippen molar-refractivity contribution in [2.24, 2.45) is 28.8 Å². The molecule has 1 aliphatic heterocycles. The molecule has 1 saturated heterocycles. The second-order valence-electron chi connectivity index (χ2n) is 6.72. The first-order chi connectivity index (χ1) is 12.5. The van der Waals surface area contributed by atoms with Crippen molar-refractivity contribution in [3.05, 3.63) is 51.6 Å². The zero-order valence-corrected chi connectivity index (χ0v) is 13.6. The molecule has 0 spiro atoms. The molecular weight excluding hydrogens is 336 g/mol. The summed E-state index contributed by atoms with van der Waals surface area (Å²) < 4.78 is 0. The van der Waals surface area contributed by atoms with E-state index in [4.69, 9.17) is 5.26 Å². The summed E-state index contributed by atoms with van der Waals surface area (Å²) in [6.45, 7) is 0. The molecule has 4 atom stereocenters. The van der Waals surface area contributed by atoms with Crippen molar-refractivity contribution in [3.8, 4) is 6.07 Å². The lowest BCUT2D eigenvalue weighted by Gasteiger charge is -2.37. The summed E-state index contributed by atoms with van der Waals surface area (Å²) in [7, 11) is 0. The van der Waals surface area contributed by atoms with Crippen LogP contribution in [0.2, 0.25) is 0 Å². The summed E-state index contributed by atoms with van der Waals surface area (Å²) in [5.74, 6) is -1.31. The van der Waals surface area contributed by atoms with Gasteiger partial charge < -0.3 is 0 Å². The number of nitrogens with zero attached hydrogens (tertiary/aromatic N) is 4. The maximum atomic E-state index is 12.7. The Bertz CT molecular complexity index is 898. The summed E-state index contributed by atoms with van der Waals surface area (Å²) in [5.41, 5.74) is -0.0209. The van der Waals surface area contributed by atoms with Gasteiger partial charge in [-0.25, -0.2) is 0 Å². The molecule has 4 aliphatic rings. The minimum atomic E-state index is -0.625. The number of fused-ring (bicyclic) bond motifs is 1. The number of imide groups is 1.